The third-order valence-corrected chi connectivity index (χ3v) is 4.49. The Morgan fingerprint density at radius 3 is 2.68 bits per heavy atom. The van der Waals surface area contributed by atoms with Crippen molar-refractivity contribution in [2.24, 2.45) is 5.92 Å². The molecule has 0 unspecified atom stereocenters. The predicted molar refractivity (Wildman–Crippen MR) is 92.4 cm³/mol. The molecule has 2 rings (SSSR count). The summed E-state index contributed by atoms with van der Waals surface area (Å²) in [6.45, 7) is 6.01. The number of hydrogen-bond donors (Lipinski definition) is 2. The van der Waals surface area contributed by atoms with Gasteiger partial charge in [-0.05, 0) is 63.0 Å². The molecule has 7 heteroatoms. The van der Waals surface area contributed by atoms with Crippen LogP contribution in [0.4, 0.5) is 18.9 Å². The maximum Gasteiger partial charge on any atom is 0.416 e. The molecule has 0 atom stereocenters. The van der Waals surface area contributed by atoms with Crippen LogP contribution in [0.15, 0.2) is 24.3 Å². The van der Waals surface area contributed by atoms with Crippen molar-refractivity contribution in [3.63, 3.8) is 0 Å². The van der Waals surface area contributed by atoms with Crippen LogP contribution in [0.5, 0.6) is 0 Å². The summed E-state index contributed by atoms with van der Waals surface area (Å²) >= 11 is 0. The highest BCUT2D eigenvalue weighted by molar-refractivity contribution is 5.80. The monoisotopic (exact) mass is 357 g/mol. The Kier molecular flexibility index (Phi) is 7.11. The maximum absolute atomic E-state index is 12.6. The number of amides is 1. The van der Waals surface area contributed by atoms with Crippen molar-refractivity contribution in [1.29, 1.82) is 0 Å². The molecular formula is C18H26F3N3O. The normalized spacial score (nSPS) is 16.6. The summed E-state index contributed by atoms with van der Waals surface area (Å²) in [5.74, 6) is 0.586. The van der Waals surface area contributed by atoms with Crippen molar-refractivity contribution in [1.82, 2.24) is 10.2 Å². The fourth-order valence-corrected chi connectivity index (χ4v) is 2.87. The van der Waals surface area contributed by atoms with Gasteiger partial charge < -0.3 is 15.5 Å². The lowest BCUT2D eigenvalue weighted by molar-refractivity contribution is -0.137. The smallest absolute Gasteiger partial charge is 0.376 e. The van der Waals surface area contributed by atoms with Crippen LogP contribution in [-0.4, -0.2) is 43.5 Å². The van der Waals surface area contributed by atoms with Crippen molar-refractivity contribution in [3.8, 4) is 0 Å². The number of benzene rings is 1. The van der Waals surface area contributed by atoms with Gasteiger partial charge in [0.2, 0.25) is 5.91 Å². The quantitative estimate of drug-likeness (QED) is 0.736. The Morgan fingerprint density at radius 2 is 2.00 bits per heavy atom. The summed E-state index contributed by atoms with van der Waals surface area (Å²) in [6, 6.07) is 4.85. The van der Waals surface area contributed by atoms with Gasteiger partial charge in [-0.1, -0.05) is 13.0 Å². The average Bonchev–Trinajstić information content (AvgIpc) is 2.58. The Morgan fingerprint density at radius 1 is 1.28 bits per heavy atom. The number of carbonyl (C=O) groups is 1. The zero-order valence-electron chi connectivity index (χ0n) is 14.5. The molecule has 4 nitrogen and oxygen atoms in total. The van der Waals surface area contributed by atoms with Gasteiger partial charge in [0.15, 0.2) is 0 Å². The van der Waals surface area contributed by atoms with Gasteiger partial charge in [0, 0.05) is 12.2 Å². The van der Waals surface area contributed by atoms with Gasteiger partial charge in [0.25, 0.3) is 0 Å². The minimum atomic E-state index is -4.38. The Bertz CT molecular complexity index is 555. The minimum absolute atomic E-state index is 0.0391. The first-order valence-electron chi connectivity index (χ1n) is 8.75. The first-order valence-corrected chi connectivity index (χ1v) is 8.75. The number of rotatable bonds is 7. The first-order chi connectivity index (χ1) is 11.8. The second kappa shape index (κ2) is 9.08. The first kappa shape index (κ1) is 19.6. The molecule has 1 aliphatic rings. The lowest BCUT2D eigenvalue weighted by atomic mass is 9.99. The Hall–Kier alpha value is -1.76. The molecule has 0 saturated carbocycles. The van der Waals surface area contributed by atoms with Crippen molar-refractivity contribution in [2.45, 2.75) is 32.4 Å². The lowest BCUT2D eigenvalue weighted by Crippen LogP contribution is -2.36. The molecule has 1 aromatic carbocycles. The highest BCUT2D eigenvalue weighted by Gasteiger charge is 2.30. The second-order valence-electron chi connectivity index (χ2n) is 6.66. The molecule has 1 aromatic rings. The summed E-state index contributed by atoms with van der Waals surface area (Å²) in [4.78, 5) is 14.2. The molecule has 1 amide bonds. The highest BCUT2D eigenvalue weighted by Crippen LogP contribution is 2.30. The molecule has 1 heterocycles. The number of hydrogen-bond acceptors (Lipinski definition) is 3. The summed E-state index contributed by atoms with van der Waals surface area (Å²) in [5.41, 5.74) is -0.443. The van der Waals surface area contributed by atoms with Gasteiger partial charge in [-0.15, -0.1) is 0 Å². The van der Waals surface area contributed by atoms with E-state index in [4.69, 9.17) is 0 Å². The molecule has 1 fully saturated rings. The zero-order valence-corrected chi connectivity index (χ0v) is 14.5. The molecule has 0 bridgehead atoms. The fraction of sp³-hybridized carbons (Fsp3) is 0.611. The molecule has 2 N–H and O–H groups in total. The molecule has 1 aliphatic heterocycles. The Balaban J connectivity index is 1.62. The van der Waals surface area contributed by atoms with Crippen molar-refractivity contribution in [2.75, 3.05) is 38.0 Å². The SMILES string of the molecule is CC1CCN(CCCNC(=O)CNc2cccc(C(F)(F)F)c2)CC1. The van der Waals surface area contributed by atoms with Crippen LogP contribution in [0.1, 0.15) is 31.7 Å². The number of carbonyl (C=O) groups excluding carboxylic acids is 1. The van der Waals surface area contributed by atoms with Crippen LogP contribution in [0, 0.1) is 5.92 Å². The van der Waals surface area contributed by atoms with Crippen molar-refractivity contribution in [3.05, 3.63) is 29.8 Å². The third-order valence-electron chi connectivity index (χ3n) is 4.49. The number of likely N-dealkylation sites (tertiary alicyclic amines) is 1. The van der Waals surface area contributed by atoms with Gasteiger partial charge in [-0.2, -0.15) is 13.2 Å². The predicted octanol–water partition coefficient (Wildman–Crippen LogP) is 3.36. The van der Waals surface area contributed by atoms with Gasteiger partial charge in [0.05, 0.1) is 12.1 Å². The molecule has 0 spiro atoms. The van der Waals surface area contributed by atoms with E-state index >= 15 is 0 Å². The van der Waals surface area contributed by atoms with Crippen LogP contribution in [0.2, 0.25) is 0 Å². The van der Waals surface area contributed by atoms with E-state index in [1.54, 1.807) is 0 Å². The summed E-state index contributed by atoms with van der Waals surface area (Å²) in [6.07, 6.45) is -1.05. The molecular weight excluding hydrogens is 331 g/mol. The molecule has 0 aliphatic carbocycles. The third kappa shape index (κ3) is 6.94. The number of alkyl halides is 3. The van der Waals surface area contributed by atoms with Crippen LogP contribution in [-0.2, 0) is 11.0 Å². The van der Waals surface area contributed by atoms with Gasteiger partial charge >= 0.3 is 6.18 Å². The Labute approximate surface area is 146 Å². The maximum atomic E-state index is 12.6. The number of halogens is 3. The zero-order chi connectivity index (χ0) is 18.3. The standard InChI is InChI=1S/C18H26F3N3O/c1-14-6-10-24(11-7-14)9-3-8-22-17(25)13-23-16-5-2-4-15(12-16)18(19,20)21/h2,4-5,12,14,23H,3,6-11,13H2,1H3,(H,22,25). The molecule has 0 radical (unpaired) electrons. The van der Waals surface area contributed by atoms with Gasteiger partial charge in [-0.3, -0.25) is 4.79 Å². The number of anilines is 1. The highest BCUT2D eigenvalue weighted by atomic mass is 19.4. The molecule has 0 aromatic heterocycles. The fourth-order valence-electron chi connectivity index (χ4n) is 2.87. The minimum Gasteiger partial charge on any atom is -0.376 e. The van der Waals surface area contributed by atoms with Crippen LogP contribution in [0.3, 0.4) is 0 Å². The van der Waals surface area contributed by atoms with Gasteiger partial charge in [0.1, 0.15) is 0 Å². The summed E-state index contributed by atoms with van der Waals surface area (Å²) < 4.78 is 37.9. The number of piperidine rings is 1. The van der Waals surface area contributed by atoms with E-state index in [1.165, 1.54) is 25.0 Å². The van der Waals surface area contributed by atoms with Crippen LogP contribution < -0.4 is 10.6 Å². The second-order valence-corrected chi connectivity index (χ2v) is 6.66. The topological polar surface area (TPSA) is 44.4 Å². The van der Waals surface area contributed by atoms with E-state index in [2.05, 4.69) is 22.5 Å². The lowest BCUT2D eigenvalue weighted by Gasteiger charge is -2.30. The van der Waals surface area contributed by atoms with Gasteiger partial charge in [-0.25, -0.2) is 0 Å². The van der Waals surface area contributed by atoms with E-state index in [0.29, 0.717) is 6.54 Å². The van der Waals surface area contributed by atoms with Crippen molar-refractivity contribution < 1.29 is 18.0 Å². The largest absolute Gasteiger partial charge is 0.416 e. The van der Waals surface area contributed by atoms with Crippen LogP contribution in [0.25, 0.3) is 0 Å². The number of nitrogens with one attached hydrogen (secondary N) is 2. The summed E-state index contributed by atoms with van der Waals surface area (Å²) in [5, 5.41) is 5.53. The van der Waals surface area contributed by atoms with E-state index in [-0.39, 0.29) is 18.1 Å². The molecule has 25 heavy (non-hydrogen) atoms. The molecule has 1 saturated heterocycles. The van der Waals surface area contributed by atoms with E-state index in [9.17, 15) is 18.0 Å². The summed E-state index contributed by atoms with van der Waals surface area (Å²) in [7, 11) is 0. The van der Waals surface area contributed by atoms with E-state index in [0.717, 1.165) is 44.1 Å². The van der Waals surface area contributed by atoms with E-state index < -0.39 is 11.7 Å². The number of nitrogens with zero attached hydrogens (tertiary/aromatic N) is 1. The van der Waals surface area contributed by atoms with E-state index in [1.807, 2.05) is 0 Å². The average molecular weight is 357 g/mol. The van der Waals surface area contributed by atoms with Crippen molar-refractivity contribution >= 4 is 11.6 Å². The van der Waals surface area contributed by atoms with Crippen LogP contribution >= 0.6 is 0 Å². The molecule has 140 valence electrons.